The Kier molecular flexibility index (Phi) is 5.22. The van der Waals surface area contributed by atoms with E-state index in [0.29, 0.717) is 0 Å². The van der Waals surface area contributed by atoms with E-state index in [9.17, 15) is 0 Å². The van der Waals surface area contributed by atoms with E-state index in [-0.39, 0.29) is 0 Å². The Labute approximate surface area is 190 Å². The lowest BCUT2D eigenvalue weighted by Crippen LogP contribution is -2.09. The van der Waals surface area contributed by atoms with Gasteiger partial charge in [0.25, 0.3) is 0 Å². The maximum absolute atomic E-state index is 2.39. The molecule has 2 nitrogen and oxygen atoms in total. The van der Waals surface area contributed by atoms with Gasteiger partial charge in [-0.1, -0.05) is 47.5 Å². The van der Waals surface area contributed by atoms with Gasteiger partial charge in [-0.05, 0) is 86.3 Å². The molecule has 0 saturated heterocycles. The molecular weight excluding hydrogens is 388 g/mol. The minimum atomic E-state index is 1.05. The van der Waals surface area contributed by atoms with Gasteiger partial charge in [0, 0.05) is 47.3 Å². The van der Waals surface area contributed by atoms with Crippen LogP contribution in [0.4, 0.5) is 11.4 Å². The van der Waals surface area contributed by atoms with Gasteiger partial charge in [-0.25, -0.2) is 0 Å². The van der Waals surface area contributed by atoms with Crippen molar-refractivity contribution in [1.82, 2.24) is 4.57 Å². The van der Waals surface area contributed by atoms with Crippen LogP contribution in [0.15, 0.2) is 84.9 Å². The smallest absolute Gasteiger partial charge is 0.0488 e. The van der Waals surface area contributed by atoms with Gasteiger partial charge in [0.1, 0.15) is 0 Å². The maximum atomic E-state index is 2.39. The van der Waals surface area contributed by atoms with Gasteiger partial charge in [-0.3, -0.25) is 0 Å². The van der Waals surface area contributed by atoms with Crippen molar-refractivity contribution in [2.24, 2.45) is 7.05 Å². The lowest BCUT2D eigenvalue weighted by molar-refractivity contribution is 0.960. The molecule has 2 heteroatoms. The molecule has 0 atom stereocenters. The Morgan fingerprint density at radius 1 is 0.594 bits per heavy atom. The summed E-state index contributed by atoms with van der Waals surface area (Å²) in [5.74, 6) is 0. The lowest BCUT2D eigenvalue weighted by atomic mass is 10.0. The molecule has 0 unspecified atom stereocenters. The van der Waals surface area contributed by atoms with Gasteiger partial charge < -0.3 is 9.47 Å². The molecule has 32 heavy (non-hydrogen) atoms. The first-order chi connectivity index (χ1) is 15.5. The van der Waals surface area contributed by atoms with Crippen molar-refractivity contribution >= 4 is 33.2 Å². The Morgan fingerprint density at radius 3 is 1.78 bits per heavy atom. The van der Waals surface area contributed by atoms with E-state index in [1.165, 1.54) is 55.4 Å². The SMILES string of the molecule is Cc1ccc(N(C)c2ccc(CCc3ccc4c(c3)c3cc(C)ccc3n4C)cc2)cc1. The zero-order valence-electron chi connectivity index (χ0n) is 19.4. The number of rotatable bonds is 5. The van der Waals surface area contributed by atoms with Crippen LogP contribution in [0.5, 0.6) is 0 Å². The first-order valence-electron chi connectivity index (χ1n) is 11.4. The Balaban J connectivity index is 1.33. The molecule has 4 aromatic carbocycles. The van der Waals surface area contributed by atoms with Gasteiger partial charge >= 0.3 is 0 Å². The van der Waals surface area contributed by atoms with E-state index in [1.807, 2.05) is 0 Å². The van der Waals surface area contributed by atoms with E-state index in [1.54, 1.807) is 0 Å². The minimum Gasteiger partial charge on any atom is -0.345 e. The van der Waals surface area contributed by atoms with Crippen LogP contribution >= 0.6 is 0 Å². The number of nitrogens with zero attached hydrogens (tertiary/aromatic N) is 2. The van der Waals surface area contributed by atoms with Gasteiger partial charge in [0.2, 0.25) is 0 Å². The van der Waals surface area contributed by atoms with Crippen LogP contribution in [0.1, 0.15) is 22.3 Å². The molecule has 0 amide bonds. The van der Waals surface area contributed by atoms with Crippen LogP contribution in [-0.4, -0.2) is 11.6 Å². The summed E-state index contributed by atoms with van der Waals surface area (Å²) in [6.07, 6.45) is 2.09. The summed E-state index contributed by atoms with van der Waals surface area (Å²) < 4.78 is 2.30. The highest BCUT2D eigenvalue weighted by molar-refractivity contribution is 6.08. The van der Waals surface area contributed by atoms with Crippen LogP contribution in [0.2, 0.25) is 0 Å². The van der Waals surface area contributed by atoms with Gasteiger partial charge in [-0.15, -0.1) is 0 Å². The molecule has 0 N–H and O–H groups in total. The number of fused-ring (bicyclic) bond motifs is 3. The van der Waals surface area contributed by atoms with E-state index in [0.717, 1.165) is 12.8 Å². The van der Waals surface area contributed by atoms with Gasteiger partial charge in [-0.2, -0.15) is 0 Å². The third-order valence-electron chi connectivity index (χ3n) is 6.67. The van der Waals surface area contributed by atoms with Crippen molar-refractivity contribution < 1.29 is 0 Å². The van der Waals surface area contributed by atoms with Crippen molar-refractivity contribution in [3.63, 3.8) is 0 Å². The standard InChI is InChI=1S/C30H30N2/c1-21-5-13-25(14-6-21)31(3)26-15-10-23(11-16-26)8-9-24-12-18-30-28(20-24)27-19-22(2)7-17-29(27)32(30)4/h5-7,10-20H,8-9H2,1-4H3. The molecule has 5 rings (SSSR count). The van der Waals surface area contributed by atoms with E-state index < -0.39 is 0 Å². The zero-order valence-corrected chi connectivity index (χ0v) is 19.4. The van der Waals surface area contributed by atoms with E-state index >= 15 is 0 Å². The average Bonchev–Trinajstić information content (AvgIpc) is 3.09. The van der Waals surface area contributed by atoms with Crippen LogP contribution in [-0.2, 0) is 19.9 Å². The number of anilines is 2. The van der Waals surface area contributed by atoms with Gasteiger partial charge in [0.15, 0.2) is 0 Å². The van der Waals surface area contributed by atoms with Crippen molar-refractivity contribution in [2.75, 3.05) is 11.9 Å². The van der Waals surface area contributed by atoms with Crippen LogP contribution < -0.4 is 4.90 Å². The highest BCUT2D eigenvalue weighted by atomic mass is 15.1. The molecule has 160 valence electrons. The van der Waals surface area contributed by atoms with E-state index in [4.69, 9.17) is 0 Å². The van der Waals surface area contributed by atoms with Crippen molar-refractivity contribution in [3.8, 4) is 0 Å². The lowest BCUT2D eigenvalue weighted by Gasteiger charge is -2.20. The van der Waals surface area contributed by atoms with Crippen molar-refractivity contribution in [1.29, 1.82) is 0 Å². The molecule has 0 spiro atoms. The normalized spacial score (nSPS) is 11.4. The zero-order chi connectivity index (χ0) is 22.2. The fourth-order valence-corrected chi connectivity index (χ4v) is 4.63. The van der Waals surface area contributed by atoms with E-state index in [2.05, 4.69) is 122 Å². The molecule has 1 heterocycles. The van der Waals surface area contributed by atoms with Crippen molar-refractivity contribution in [2.45, 2.75) is 26.7 Å². The molecule has 5 aromatic rings. The molecule has 0 bridgehead atoms. The number of benzene rings is 4. The first kappa shape index (κ1) is 20.4. The Bertz CT molecular complexity index is 1390. The molecule has 0 saturated carbocycles. The number of hydrogen-bond donors (Lipinski definition) is 0. The summed E-state index contributed by atoms with van der Waals surface area (Å²) in [5, 5.41) is 2.71. The van der Waals surface area contributed by atoms with Crippen molar-refractivity contribution in [3.05, 3.63) is 107 Å². The first-order valence-corrected chi connectivity index (χ1v) is 11.4. The molecule has 0 aliphatic heterocycles. The number of aryl methyl sites for hydroxylation is 5. The largest absolute Gasteiger partial charge is 0.345 e. The summed E-state index contributed by atoms with van der Waals surface area (Å²) in [6.45, 7) is 4.29. The molecule has 1 aromatic heterocycles. The summed E-state index contributed by atoms with van der Waals surface area (Å²) in [4.78, 5) is 2.24. The fourth-order valence-electron chi connectivity index (χ4n) is 4.63. The molecular formula is C30H30N2. The highest BCUT2D eigenvalue weighted by Gasteiger charge is 2.09. The molecule has 0 radical (unpaired) electrons. The molecule has 0 aliphatic carbocycles. The second-order valence-electron chi connectivity index (χ2n) is 8.99. The van der Waals surface area contributed by atoms with Crippen LogP contribution in [0.25, 0.3) is 21.8 Å². The monoisotopic (exact) mass is 418 g/mol. The summed E-state index contributed by atoms with van der Waals surface area (Å²) in [5.41, 5.74) is 10.4. The highest BCUT2D eigenvalue weighted by Crippen LogP contribution is 2.30. The predicted octanol–water partition coefficient (Wildman–Crippen LogP) is 7.50. The molecule has 0 aliphatic rings. The summed E-state index contributed by atoms with van der Waals surface area (Å²) in [6, 6.07) is 31.3. The average molecular weight is 419 g/mol. The minimum absolute atomic E-state index is 1.05. The third kappa shape index (κ3) is 3.78. The summed E-state index contributed by atoms with van der Waals surface area (Å²) >= 11 is 0. The topological polar surface area (TPSA) is 8.17 Å². The number of hydrogen-bond acceptors (Lipinski definition) is 1. The molecule has 0 fully saturated rings. The Hall–Kier alpha value is -3.52. The predicted molar refractivity (Wildman–Crippen MR) is 138 cm³/mol. The van der Waals surface area contributed by atoms with Crippen LogP contribution in [0.3, 0.4) is 0 Å². The maximum Gasteiger partial charge on any atom is 0.0488 e. The quantitative estimate of drug-likeness (QED) is 0.287. The second-order valence-corrected chi connectivity index (χ2v) is 8.99. The summed E-state index contributed by atoms with van der Waals surface area (Å²) in [7, 11) is 4.29. The number of aromatic nitrogens is 1. The Morgan fingerprint density at radius 2 is 1.09 bits per heavy atom. The fraction of sp³-hybridized carbons (Fsp3) is 0.200. The third-order valence-corrected chi connectivity index (χ3v) is 6.67. The van der Waals surface area contributed by atoms with Crippen LogP contribution in [0, 0.1) is 13.8 Å². The second kappa shape index (κ2) is 8.20. The van der Waals surface area contributed by atoms with Gasteiger partial charge in [0.05, 0.1) is 0 Å².